The SMILES string of the molecule is CCCCN1C(=O)c2[nH]nc(-c3ccccc3)c2C1c1cccc([N+](=O)[O-])c1. The molecule has 0 saturated heterocycles. The third-order valence-electron chi connectivity index (χ3n) is 5.06. The lowest BCUT2D eigenvalue weighted by atomic mass is 9.95. The van der Waals surface area contributed by atoms with Crippen LogP contribution in [0.4, 0.5) is 5.69 Å². The summed E-state index contributed by atoms with van der Waals surface area (Å²) in [5.41, 5.74) is 3.59. The summed E-state index contributed by atoms with van der Waals surface area (Å²) in [5.74, 6) is -0.116. The van der Waals surface area contributed by atoms with E-state index >= 15 is 0 Å². The van der Waals surface area contributed by atoms with Crippen molar-refractivity contribution >= 4 is 11.6 Å². The molecule has 7 heteroatoms. The summed E-state index contributed by atoms with van der Waals surface area (Å²) in [6, 6.07) is 15.8. The van der Waals surface area contributed by atoms with Crippen molar-refractivity contribution in [3.8, 4) is 11.3 Å². The molecule has 28 heavy (non-hydrogen) atoms. The second-order valence-electron chi connectivity index (χ2n) is 6.83. The molecule has 1 aliphatic heterocycles. The van der Waals surface area contributed by atoms with Crippen LogP contribution in [0.5, 0.6) is 0 Å². The largest absolute Gasteiger partial charge is 0.326 e. The zero-order chi connectivity index (χ0) is 19.7. The molecule has 2 heterocycles. The van der Waals surface area contributed by atoms with E-state index in [0.717, 1.165) is 29.5 Å². The topological polar surface area (TPSA) is 92.1 Å². The van der Waals surface area contributed by atoms with E-state index in [4.69, 9.17) is 0 Å². The number of fused-ring (bicyclic) bond motifs is 1. The maximum absolute atomic E-state index is 13.1. The maximum atomic E-state index is 13.1. The molecule has 142 valence electrons. The second-order valence-corrected chi connectivity index (χ2v) is 6.83. The molecule has 0 spiro atoms. The fourth-order valence-electron chi connectivity index (χ4n) is 3.73. The van der Waals surface area contributed by atoms with Gasteiger partial charge in [-0.1, -0.05) is 55.8 Å². The Morgan fingerprint density at radius 3 is 2.68 bits per heavy atom. The number of nitrogens with one attached hydrogen (secondary N) is 1. The van der Waals surface area contributed by atoms with E-state index in [0.29, 0.717) is 17.9 Å². The fraction of sp³-hybridized carbons (Fsp3) is 0.238. The van der Waals surface area contributed by atoms with Gasteiger partial charge in [0.15, 0.2) is 0 Å². The van der Waals surface area contributed by atoms with Gasteiger partial charge in [-0.2, -0.15) is 5.10 Å². The number of unbranched alkanes of at least 4 members (excludes halogenated alkanes) is 1. The van der Waals surface area contributed by atoms with E-state index in [1.807, 2.05) is 36.4 Å². The highest BCUT2D eigenvalue weighted by molar-refractivity contribution is 6.00. The van der Waals surface area contributed by atoms with Crippen molar-refractivity contribution in [1.29, 1.82) is 0 Å². The first kappa shape index (κ1) is 17.9. The van der Waals surface area contributed by atoms with Crippen molar-refractivity contribution in [2.45, 2.75) is 25.8 Å². The molecule has 1 amide bonds. The minimum Gasteiger partial charge on any atom is -0.326 e. The van der Waals surface area contributed by atoms with Crippen molar-refractivity contribution in [2.24, 2.45) is 0 Å². The molecule has 1 atom stereocenters. The molecule has 3 aromatic rings. The summed E-state index contributed by atoms with van der Waals surface area (Å²) in [5, 5.41) is 18.6. The van der Waals surface area contributed by atoms with Gasteiger partial charge >= 0.3 is 0 Å². The Balaban J connectivity index is 1.87. The molecule has 2 aromatic carbocycles. The molecular formula is C21H20N4O3. The first-order chi connectivity index (χ1) is 13.6. The van der Waals surface area contributed by atoms with Crippen molar-refractivity contribution in [1.82, 2.24) is 15.1 Å². The van der Waals surface area contributed by atoms with E-state index in [-0.39, 0.29) is 11.6 Å². The van der Waals surface area contributed by atoms with E-state index in [2.05, 4.69) is 17.1 Å². The van der Waals surface area contributed by atoms with E-state index in [9.17, 15) is 14.9 Å². The Hall–Kier alpha value is -3.48. The molecule has 4 rings (SSSR count). The third-order valence-corrected chi connectivity index (χ3v) is 5.06. The highest BCUT2D eigenvalue weighted by atomic mass is 16.6. The van der Waals surface area contributed by atoms with E-state index in [1.165, 1.54) is 6.07 Å². The zero-order valence-corrected chi connectivity index (χ0v) is 15.5. The van der Waals surface area contributed by atoms with Gasteiger partial charge in [-0.05, 0) is 12.0 Å². The number of nitrogens with zero attached hydrogens (tertiary/aromatic N) is 3. The van der Waals surface area contributed by atoms with E-state index < -0.39 is 11.0 Å². The number of carbonyl (C=O) groups is 1. The first-order valence-electron chi connectivity index (χ1n) is 9.30. The fourth-order valence-corrected chi connectivity index (χ4v) is 3.73. The minimum atomic E-state index is -0.412. The first-order valence-corrected chi connectivity index (χ1v) is 9.30. The third kappa shape index (κ3) is 2.94. The summed E-state index contributed by atoms with van der Waals surface area (Å²) in [4.78, 5) is 25.7. The van der Waals surface area contributed by atoms with Crippen LogP contribution in [0, 0.1) is 10.1 Å². The van der Waals surface area contributed by atoms with Crippen LogP contribution in [0.1, 0.15) is 47.4 Å². The predicted molar refractivity (Wildman–Crippen MR) is 105 cm³/mol. The van der Waals surface area contributed by atoms with Gasteiger partial charge in [0, 0.05) is 29.8 Å². The molecule has 0 saturated carbocycles. The summed E-state index contributed by atoms with van der Waals surface area (Å²) in [6.45, 7) is 2.65. The average molecular weight is 376 g/mol. The van der Waals surface area contributed by atoms with Crippen LogP contribution in [0.2, 0.25) is 0 Å². The van der Waals surface area contributed by atoms with Gasteiger partial charge < -0.3 is 4.90 Å². The number of rotatable bonds is 6. The number of hydrogen-bond donors (Lipinski definition) is 1. The monoisotopic (exact) mass is 376 g/mol. The molecule has 7 nitrogen and oxygen atoms in total. The maximum Gasteiger partial charge on any atom is 0.273 e. The number of amides is 1. The van der Waals surface area contributed by atoms with E-state index in [1.54, 1.807) is 17.0 Å². The van der Waals surface area contributed by atoms with Crippen LogP contribution in [0.25, 0.3) is 11.3 Å². The lowest BCUT2D eigenvalue weighted by Crippen LogP contribution is -2.30. The van der Waals surface area contributed by atoms with Crippen molar-refractivity contribution in [3.05, 3.63) is 81.5 Å². The summed E-state index contributed by atoms with van der Waals surface area (Å²) in [6.07, 6.45) is 1.80. The van der Waals surface area contributed by atoms with Gasteiger partial charge in [0.05, 0.1) is 16.7 Å². The Bertz CT molecular complexity index is 1030. The molecule has 1 aliphatic rings. The van der Waals surface area contributed by atoms with Gasteiger partial charge in [0.1, 0.15) is 5.69 Å². The molecule has 1 N–H and O–H groups in total. The molecule has 1 aromatic heterocycles. The lowest BCUT2D eigenvalue weighted by Gasteiger charge is -2.26. The number of hydrogen-bond acceptors (Lipinski definition) is 4. The summed E-state index contributed by atoms with van der Waals surface area (Å²) in [7, 11) is 0. The van der Waals surface area contributed by atoms with Crippen molar-refractivity contribution < 1.29 is 9.72 Å². The number of nitro benzene ring substituents is 1. The summed E-state index contributed by atoms with van der Waals surface area (Å²) < 4.78 is 0. The number of aromatic nitrogens is 2. The number of non-ortho nitro benzene ring substituents is 1. The normalized spacial score (nSPS) is 15.7. The minimum absolute atomic E-state index is 0.0126. The Morgan fingerprint density at radius 2 is 1.96 bits per heavy atom. The summed E-state index contributed by atoms with van der Waals surface area (Å²) >= 11 is 0. The lowest BCUT2D eigenvalue weighted by molar-refractivity contribution is -0.384. The number of H-pyrrole nitrogens is 1. The number of nitro groups is 1. The molecule has 0 fully saturated rings. The van der Waals surface area contributed by atoms with Crippen LogP contribution >= 0.6 is 0 Å². The Labute approximate surface area is 162 Å². The quantitative estimate of drug-likeness (QED) is 0.512. The molecule has 0 aliphatic carbocycles. The van der Waals surface area contributed by atoms with Gasteiger partial charge in [0.2, 0.25) is 0 Å². The number of aromatic amines is 1. The van der Waals surface area contributed by atoms with Crippen LogP contribution < -0.4 is 0 Å². The zero-order valence-electron chi connectivity index (χ0n) is 15.5. The number of benzene rings is 2. The highest BCUT2D eigenvalue weighted by Crippen LogP contribution is 2.43. The standard InChI is InChI=1S/C21H20N4O3/c1-2-3-12-24-20(15-10-7-11-16(13-15)25(27)28)17-18(14-8-5-4-6-9-14)22-23-19(17)21(24)26/h4-11,13,20H,2-3,12H2,1H3,(H,22,23). The molecule has 0 bridgehead atoms. The van der Waals surface area contributed by atoms with Gasteiger partial charge in [0.25, 0.3) is 11.6 Å². The number of carbonyl (C=O) groups excluding carboxylic acids is 1. The van der Waals surface area contributed by atoms with Crippen LogP contribution in [0.15, 0.2) is 54.6 Å². The Morgan fingerprint density at radius 1 is 1.18 bits per heavy atom. The van der Waals surface area contributed by atoms with Crippen molar-refractivity contribution in [2.75, 3.05) is 6.54 Å². The predicted octanol–water partition coefficient (Wildman–Crippen LogP) is 4.33. The van der Waals surface area contributed by atoms with Crippen LogP contribution in [0.3, 0.4) is 0 Å². The average Bonchev–Trinajstić information content (AvgIpc) is 3.26. The molecule has 1 unspecified atom stereocenters. The van der Waals surface area contributed by atoms with Crippen LogP contribution in [-0.2, 0) is 0 Å². The Kier molecular flexibility index (Phi) is 4.65. The van der Waals surface area contributed by atoms with Crippen molar-refractivity contribution in [3.63, 3.8) is 0 Å². The van der Waals surface area contributed by atoms with Gasteiger partial charge in [-0.25, -0.2) is 0 Å². The van der Waals surface area contributed by atoms with Crippen LogP contribution in [-0.4, -0.2) is 32.5 Å². The van der Waals surface area contributed by atoms with Gasteiger partial charge in [-0.15, -0.1) is 0 Å². The molecular weight excluding hydrogens is 356 g/mol. The van der Waals surface area contributed by atoms with Gasteiger partial charge in [-0.3, -0.25) is 20.0 Å². The second kappa shape index (κ2) is 7.26. The highest BCUT2D eigenvalue weighted by Gasteiger charge is 2.42. The molecule has 0 radical (unpaired) electrons. The smallest absolute Gasteiger partial charge is 0.273 e.